The monoisotopic (exact) mass is 263 g/mol. The first kappa shape index (κ1) is 12.8. The molecule has 0 radical (unpaired) electrons. The Labute approximate surface area is 110 Å². The Morgan fingerprint density at radius 3 is 2.56 bits per heavy atom. The van der Waals surface area contributed by atoms with Gasteiger partial charge >= 0.3 is 0 Å². The second-order valence-corrected chi connectivity index (χ2v) is 5.49. The summed E-state index contributed by atoms with van der Waals surface area (Å²) in [6, 6.07) is 2.20. The largest absolute Gasteiger partial charge is 0.365 e. The van der Waals surface area contributed by atoms with Gasteiger partial charge in [0.25, 0.3) is 0 Å². The van der Waals surface area contributed by atoms with Crippen molar-refractivity contribution in [2.24, 2.45) is 5.84 Å². The van der Waals surface area contributed by atoms with Gasteiger partial charge in [-0.1, -0.05) is 0 Å². The van der Waals surface area contributed by atoms with Crippen LogP contribution in [0.1, 0.15) is 20.9 Å². The van der Waals surface area contributed by atoms with E-state index in [1.165, 1.54) is 21.6 Å². The van der Waals surface area contributed by atoms with E-state index in [9.17, 15) is 0 Å². The van der Waals surface area contributed by atoms with Crippen LogP contribution in [-0.2, 0) is 6.54 Å². The lowest BCUT2D eigenvalue weighted by atomic mass is 10.3. The van der Waals surface area contributed by atoms with E-state index >= 15 is 0 Å². The maximum absolute atomic E-state index is 5.38. The molecule has 0 saturated carbocycles. The number of nitrogen functional groups attached to an aromatic ring is 1. The SMILES string of the molecule is Cc1cc(CNc2ncnc(NN)c2C)sc1C. The summed E-state index contributed by atoms with van der Waals surface area (Å²) in [6.45, 7) is 6.96. The van der Waals surface area contributed by atoms with Crippen LogP contribution in [0, 0.1) is 20.8 Å². The van der Waals surface area contributed by atoms with Gasteiger partial charge in [-0.15, -0.1) is 11.3 Å². The molecule has 6 heteroatoms. The molecule has 2 aromatic rings. The van der Waals surface area contributed by atoms with E-state index < -0.39 is 0 Å². The van der Waals surface area contributed by atoms with Crippen LogP contribution in [0.25, 0.3) is 0 Å². The Kier molecular flexibility index (Phi) is 3.78. The number of thiophene rings is 1. The molecule has 2 rings (SSSR count). The van der Waals surface area contributed by atoms with Gasteiger partial charge < -0.3 is 10.7 Å². The van der Waals surface area contributed by atoms with Crippen LogP contribution in [0.15, 0.2) is 12.4 Å². The highest BCUT2D eigenvalue weighted by Gasteiger charge is 2.06. The molecule has 18 heavy (non-hydrogen) atoms. The van der Waals surface area contributed by atoms with E-state index in [4.69, 9.17) is 5.84 Å². The molecule has 0 aromatic carbocycles. The fourth-order valence-electron chi connectivity index (χ4n) is 1.68. The minimum absolute atomic E-state index is 0.644. The Morgan fingerprint density at radius 2 is 1.94 bits per heavy atom. The lowest BCUT2D eigenvalue weighted by Crippen LogP contribution is -2.12. The van der Waals surface area contributed by atoms with Gasteiger partial charge in [0.15, 0.2) is 0 Å². The maximum atomic E-state index is 5.38. The molecule has 5 nitrogen and oxygen atoms in total. The first-order valence-electron chi connectivity index (χ1n) is 5.69. The van der Waals surface area contributed by atoms with E-state index in [1.807, 2.05) is 6.92 Å². The molecule has 0 fully saturated rings. The van der Waals surface area contributed by atoms with Crippen LogP contribution in [0.5, 0.6) is 0 Å². The third kappa shape index (κ3) is 2.60. The zero-order valence-electron chi connectivity index (χ0n) is 10.7. The molecule has 0 unspecified atom stereocenters. The van der Waals surface area contributed by atoms with Gasteiger partial charge in [0.1, 0.15) is 18.0 Å². The Hall–Kier alpha value is -1.66. The summed E-state index contributed by atoms with van der Waals surface area (Å²) in [4.78, 5) is 10.9. The van der Waals surface area contributed by atoms with Crippen molar-refractivity contribution in [1.82, 2.24) is 9.97 Å². The fraction of sp³-hybridized carbons (Fsp3) is 0.333. The Balaban J connectivity index is 2.10. The summed E-state index contributed by atoms with van der Waals surface area (Å²) in [5.41, 5.74) is 4.81. The lowest BCUT2D eigenvalue weighted by molar-refractivity contribution is 1.06. The number of hydrazine groups is 1. The zero-order chi connectivity index (χ0) is 13.1. The maximum Gasteiger partial charge on any atom is 0.148 e. The van der Waals surface area contributed by atoms with Crippen molar-refractivity contribution in [1.29, 1.82) is 0 Å². The molecule has 2 aromatic heterocycles. The number of hydrogen-bond donors (Lipinski definition) is 3. The topological polar surface area (TPSA) is 75.9 Å². The van der Waals surface area contributed by atoms with Crippen LogP contribution in [0.4, 0.5) is 11.6 Å². The number of nitrogens with one attached hydrogen (secondary N) is 2. The predicted molar refractivity (Wildman–Crippen MR) is 75.7 cm³/mol. The second kappa shape index (κ2) is 5.32. The molecular formula is C12H17N5S. The second-order valence-electron chi connectivity index (χ2n) is 4.15. The number of aromatic nitrogens is 2. The highest BCUT2D eigenvalue weighted by atomic mass is 32.1. The molecule has 0 amide bonds. The van der Waals surface area contributed by atoms with Crippen molar-refractivity contribution in [3.63, 3.8) is 0 Å². The zero-order valence-corrected chi connectivity index (χ0v) is 11.6. The number of hydrogen-bond acceptors (Lipinski definition) is 6. The summed E-state index contributed by atoms with van der Waals surface area (Å²) >= 11 is 1.80. The molecule has 0 aliphatic carbocycles. The first-order valence-corrected chi connectivity index (χ1v) is 6.51. The third-order valence-corrected chi connectivity index (χ3v) is 4.02. The quantitative estimate of drug-likeness (QED) is 0.583. The number of nitrogens with zero attached hydrogens (tertiary/aromatic N) is 2. The third-order valence-electron chi connectivity index (χ3n) is 2.87. The van der Waals surface area contributed by atoms with Gasteiger partial charge in [-0.2, -0.15) is 0 Å². The van der Waals surface area contributed by atoms with Crippen molar-refractivity contribution in [2.75, 3.05) is 10.7 Å². The number of nitrogens with two attached hydrogens (primary N) is 1. The fourth-order valence-corrected chi connectivity index (χ4v) is 2.67. The molecule has 2 heterocycles. The van der Waals surface area contributed by atoms with E-state index in [0.717, 1.165) is 17.9 Å². The highest BCUT2D eigenvalue weighted by Crippen LogP contribution is 2.23. The van der Waals surface area contributed by atoms with Crippen molar-refractivity contribution < 1.29 is 0 Å². The number of anilines is 2. The molecular weight excluding hydrogens is 246 g/mol. The van der Waals surface area contributed by atoms with Crippen molar-refractivity contribution in [2.45, 2.75) is 27.3 Å². The van der Waals surface area contributed by atoms with E-state index in [2.05, 4.69) is 40.6 Å². The Morgan fingerprint density at radius 1 is 1.22 bits per heavy atom. The highest BCUT2D eigenvalue weighted by molar-refractivity contribution is 7.12. The standard InChI is InChI=1S/C12H17N5S/c1-7-4-10(18-9(7)3)5-14-11-8(2)12(17-13)16-6-15-11/h4,6H,5,13H2,1-3H3,(H2,14,15,16,17). The minimum Gasteiger partial charge on any atom is -0.365 e. The summed E-state index contributed by atoms with van der Waals surface area (Å²) in [5.74, 6) is 6.84. The molecule has 0 spiro atoms. The van der Waals surface area contributed by atoms with Gasteiger partial charge in [0.2, 0.25) is 0 Å². The summed E-state index contributed by atoms with van der Waals surface area (Å²) < 4.78 is 0. The van der Waals surface area contributed by atoms with Crippen LogP contribution < -0.4 is 16.6 Å². The molecule has 0 aliphatic rings. The predicted octanol–water partition coefficient (Wildman–Crippen LogP) is 2.36. The van der Waals surface area contributed by atoms with Crippen LogP contribution in [-0.4, -0.2) is 9.97 Å². The van der Waals surface area contributed by atoms with Crippen LogP contribution in [0.3, 0.4) is 0 Å². The molecule has 0 saturated heterocycles. The minimum atomic E-state index is 0.644. The van der Waals surface area contributed by atoms with Crippen LogP contribution >= 0.6 is 11.3 Å². The summed E-state index contributed by atoms with van der Waals surface area (Å²) in [7, 11) is 0. The molecule has 96 valence electrons. The van der Waals surface area contributed by atoms with Gasteiger partial charge in [-0.05, 0) is 32.4 Å². The number of aryl methyl sites for hydroxylation is 2. The van der Waals surface area contributed by atoms with E-state index in [-0.39, 0.29) is 0 Å². The average molecular weight is 263 g/mol. The molecule has 4 N–H and O–H groups in total. The van der Waals surface area contributed by atoms with E-state index in [0.29, 0.717) is 5.82 Å². The normalized spacial score (nSPS) is 10.4. The summed E-state index contributed by atoms with van der Waals surface area (Å²) in [5, 5.41) is 3.31. The number of rotatable bonds is 4. The van der Waals surface area contributed by atoms with Crippen molar-refractivity contribution in [3.8, 4) is 0 Å². The smallest absolute Gasteiger partial charge is 0.148 e. The van der Waals surface area contributed by atoms with Gasteiger partial charge in [0.05, 0.1) is 6.54 Å². The lowest BCUT2D eigenvalue weighted by Gasteiger charge is -2.09. The first-order chi connectivity index (χ1) is 8.61. The van der Waals surface area contributed by atoms with Gasteiger partial charge in [-0.3, -0.25) is 0 Å². The Bertz CT molecular complexity index is 530. The summed E-state index contributed by atoms with van der Waals surface area (Å²) in [6.07, 6.45) is 1.50. The molecule has 0 atom stereocenters. The van der Waals surface area contributed by atoms with E-state index in [1.54, 1.807) is 11.3 Å². The average Bonchev–Trinajstić information content (AvgIpc) is 2.67. The van der Waals surface area contributed by atoms with Crippen molar-refractivity contribution >= 4 is 23.0 Å². The van der Waals surface area contributed by atoms with Gasteiger partial charge in [-0.25, -0.2) is 15.8 Å². The van der Waals surface area contributed by atoms with Gasteiger partial charge in [0, 0.05) is 15.3 Å². The van der Waals surface area contributed by atoms with Crippen molar-refractivity contribution in [3.05, 3.63) is 33.3 Å². The molecule has 0 aliphatic heterocycles. The van der Waals surface area contributed by atoms with Crippen LogP contribution in [0.2, 0.25) is 0 Å². The molecule has 0 bridgehead atoms.